The van der Waals surface area contributed by atoms with Crippen molar-refractivity contribution < 1.29 is 4.79 Å². The Morgan fingerprint density at radius 3 is 2.60 bits per heavy atom. The first kappa shape index (κ1) is 10.3. The third-order valence-corrected chi connectivity index (χ3v) is 5.99. The molecular weight excluding hydrogens is 296 g/mol. The molecule has 0 spiro atoms. The third-order valence-electron chi connectivity index (χ3n) is 3.50. The maximum atomic E-state index is 12.1. The predicted octanol–water partition coefficient (Wildman–Crippen LogP) is 4.39. The van der Waals surface area contributed by atoms with Crippen LogP contribution in [0.5, 0.6) is 0 Å². The second-order valence-electron chi connectivity index (χ2n) is 4.52. The van der Waals surface area contributed by atoms with E-state index in [1.165, 1.54) is 17.8 Å². The molecule has 1 aromatic heterocycles. The Labute approximate surface area is 106 Å². The number of carbonyl (C=O) groups is 1. The Hall–Kier alpha value is 0.140. The lowest BCUT2D eigenvalue weighted by atomic mass is 9.97. The second-order valence-corrected chi connectivity index (χ2v) is 7.03. The summed E-state index contributed by atoms with van der Waals surface area (Å²) in [6.45, 7) is 0. The molecule has 1 heterocycles. The fourth-order valence-corrected chi connectivity index (χ4v) is 4.32. The van der Waals surface area contributed by atoms with Crippen LogP contribution in [0.1, 0.15) is 28.9 Å². The number of ketones is 1. The largest absolute Gasteiger partial charge is 0.293 e. The Morgan fingerprint density at radius 1 is 1.40 bits per heavy atom. The van der Waals surface area contributed by atoms with Gasteiger partial charge in [0.15, 0.2) is 5.78 Å². The number of rotatable bonds is 2. The number of hydrogen-bond acceptors (Lipinski definition) is 2. The molecule has 0 N–H and O–H groups in total. The summed E-state index contributed by atoms with van der Waals surface area (Å²) in [7, 11) is 0. The standard InChI is InChI=1S/C11H10BrClOS/c12-8-4-9(15-11(8)13)10(14)7-2-5-1-6(5)3-7/h4-7H,1-3H2. The predicted molar refractivity (Wildman–Crippen MR) is 65.7 cm³/mol. The SMILES string of the molecule is O=C(c1cc(Br)c(Cl)s1)C1CC2CC2C1. The molecule has 2 fully saturated rings. The lowest BCUT2D eigenvalue weighted by Crippen LogP contribution is -2.11. The molecule has 80 valence electrons. The number of thiophene rings is 1. The van der Waals surface area contributed by atoms with Crippen LogP contribution >= 0.6 is 38.9 Å². The lowest BCUT2D eigenvalue weighted by Gasteiger charge is -2.07. The van der Waals surface area contributed by atoms with Crippen molar-refractivity contribution in [3.63, 3.8) is 0 Å². The van der Waals surface area contributed by atoms with Crippen LogP contribution in [0.25, 0.3) is 0 Å². The van der Waals surface area contributed by atoms with Gasteiger partial charge in [0.05, 0.1) is 4.88 Å². The highest BCUT2D eigenvalue weighted by Gasteiger charge is 2.48. The molecule has 2 unspecified atom stereocenters. The topological polar surface area (TPSA) is 17.1 Å². The number of Topliss-reactive ketones (excluding diaryl/α,β-unsaturated/α-hetero) is 1. The molecule has 2 saturated carbocycles. The van der Waals surface area contributed by atoms with Crippen LogP contribution in [0.4, 0.5) is 0 Å². The molecular formula is C11H10BrClOS. The third kappa shape index (κ3) is 1.79. The highest BCUT2D eigenvalue weighted by atomic mass is 79.9. The molecule has 1 nitrogen and oxygen atoms in total. The Bertz CT molecular complexity index is 399. The molecule has 2 aliphatic rings. The van der Waals surface area contributed by atoms with Crippen molar-refractivity contribution in [2.75, 3.05) is 0 Å². The smallest absolute Gasteiger partial charge is 0.175 e. The number of fused-ring (bicyclic) bond motifs is 1. The van der Waals surface area contributed by atoms with Gasteiger partial charge < -0.3 is 0 Å². The summed E-state index contributed by atoms with van der Waals surface area (Å²) in [5.41, 5.74) is 0. The second kappa shape index (κ2) is 3.57. The van der Waals surface area contributed by atoms with E-state index in [2.05, 4.69) is 15.9 Å². The van der Waals surface area contributed by atoms with E-state index in [4.69, 9.17) is 11.6 Å². The van der Waals surface area contributed by atoms with Gasteiger partial charge in [0.1, 0.15) is 4.34 Å². The first-order valence-corrected chi connectivity index (χ1v) is 7.13. The van der Waals surface area contributed by atoms with Gasteiger partial charge in [-0.3, -0.25) is 4.79 Å². The van der Waals surface area contributed by atoms with Gasteiger partial charge >= 0.3 is 0 Å². The molecule has 4 heteroatoms. The summed E-state index contributed by atoms with van der Waals surface area (Å²) in [6, 6.07) is 1.86. The van der Waals surface area contributed by atoms with Crippen LogP contribution in [-0.2, 0) is 0 Å². The average molecular weight is 306 g/mol. The van der Waals surface area contributed by atoms with Crippen molar-refractivity contribution in [3.05, 3.63) is 19.8 Å². The van der Waals surface area contributed by atoms with Gasteiger partial charge in [-0.05, 0) is 53.1 Å². The van der Waals surface area contributed by atoms with Gasteiger partial charge in [-0.1, -0.05) is 11.6 Å². The highest BCUT2D eigenvalue weighted by molar-refractivity contribution is 9.10. The fraction of sp³-hybridized carbons (Fsp3) is 0.545. The minimum Gasteiger partial charge on any atom is -0.293 e. The molecule has 0 saturated heterocycles. The summed E-state index contributed by atoms with van der Waals surface area (Å²) in [5.74, 6) is 2.30. The normalized spacial score (nSPS) is 32.8. The van der Waals surface area contributed by atoms with Gasteiger partial charge in [-0.25, -0.2) is 0 Å². The molecule has 2 atom stereocenters. The van der Waals surface area contributed by atoms with Crippen LogP contribution in [0.15, 0.2) is 10.5 Å². The van der Waals surface area contributed by atoms with Crippen LogP contribution in [-0.4, -0.2) is 5.78 Å². The Kier molecular flexibility index (Phi) is 2.45. The van der Waals surface area contributed by atoms with Gasteiger partial charge in [0.2, 0.25) is 0 Å². The van der Waals surface area contributed by atoms with E-state index < -0.39 is 0 Å². The zero-order valence-electron chi connectivity index (χ0n) is 8.00. The van der Waals surface area contributed by atoms with Crippen LogP contribution in [0, 0.1) is 17.8 Å². The maximum absolute atomic E-state index is 12.1. The van der Waals surface area contributed by atoms with Crippen molar-refractivity contribution in [2.24, 2.45) is 17.8 Å². The van der Waals surface area contributed by atoms with E-state index in [9.17, 15) is 4.79 Å². The average Bonchev–Trinajstić information content (AvgIpc) is 2.66. The van der Waals surface area contributed by atoms with E-state index in [1.54, 1.807) is 0 Å². The maximum Gasteiger partial charge on any atom is 0.175 e. The summed E-state index contributed by atoms with van der Waals surface area (Å²) < 4.78 is 1.53. The van der Waals surface area contributed by atoms with Crippen molar-refractivity contribution in [2.45, 2.75) is 19.3 Å². The Morgan fingerprint density at radius 2 is 2.07 bits per heavy atom. The first-order valence-electron chi connectivity index (χ1n) is 5.14. The van der Waals surface area contributed by atoms with Crippen molar-refractivity contribution >= 4 is 44.7 Å². The zero-order valence-corrected chi connectivity index (χ0v) is 11.2. The Balaban J connectivity index is 1.79. The monoisotopic (exact) mass is 304 g/mol. The minimum absolute atomic E-state index is 0.273. The van der Waals surface area contributed by atoms with Gasteiger partial charge in [0.25, 0.3) is 0 Å². The molecule has 0 amide bonds. The van der Waals surface area contributed by atoms with Gasteiger partial charge in [-0.2, -0.15) is 0 Å². The molecule has 0 bridgehead atoms. The molecule has 2 aliphatic carbocycles. The molecule has 3 rings (SSSR count). The molecule has 15 heavy (non-hydrogen) atoms. The van der Waals surface area contributed by atoms with Crippen LogP contribution in [0.3, 0.4) is 0 Å². The fourth-order valence-electron chi connectivity index (χ4n) is 2.60. The number of halogens is 2. The van der Waals surface area contributed by atoms with E-state index in [1.807, 2.05) is 6.07 Å². The van der Waals surface area contributed by atoms with E-state index in [0.717, 1.165) is 34.0 Å². The first-order chi connectivity index (χ1) is 7.15. The molecule has 0 aromatic carbocycles. The lowest BCUT2D eigenvalue weighted by molar-refractivity contribution is 0.0918. The van der Waals surface area contributed by atoms with Crippen LogP contribution in [0.2, 0.25) is 4.34 Å². The zero-order chi connectivity index (χ0) is 10.6. The van der Waals surface area contributed by atoms with E-state index in [0.29, 0.717) is 10.1 Å². The van der Waals surface area contributed by atoms with E-state index in [-0.39, 0.29) is 5.92 Å². The van der Waals surface area contributed by atoms with E-state index >= 15 is 0 Å². The van der Waals surface area contributed by atoms with Crippen molar-refractivity contribution in [1.82, 2.24) is 0 Å². The summed E-state index contributed by atoms with van der Waals surface area (Å²) in [4.78, 5) is 12.9. The quantitative estimate of drug-likeness (QED) is 0.741. The van der Waals surface area contributed by atoms with Gasteiger partial charge in [0, 0.05) is 10.4 Å². The number of carbonyl (C=O) groups excluding carboxylic acids is 1. The molecule has 0 radical (unpaired) electrons. The minimum atomic E-state index is 0.273. The van der Waals surface area contributed by atoms with Crippen LogP contribution < -0.4 is 0 Å². The molecule has 0 aliphatic heterocycles. The summed E-state index contributed by atoms with van der Waals surface area (Å²) in [6.07, 6.45) is 3.58. The summed E-state index contributed by atoms with van der Waals surface area (Å²) in [5, 5.41) is 0. The van der Waals surface area contributed by atoms with Crippen molar-refractivity contribution in [1.29, 1.82) is 0 Å². The molecule has 1 aromatic rings. The van der Waals surface area contributed by atoms with Gasteiger partial charge in [-0.15, -0.1) is 11.3 Å². The highest BCUT2D eigenvalue weighted by Crippen LogP contribution is 2.55. The van der Waals surface area contributed by atoms with Crippen molar-refractivity contribution in [3.8, 4) is 0 Å². The summed E-state index contributed by atoms with van der Waals surface area (Å²) >= 11 is 10.7. The number of hydrogen-bond donors (Lipinski definition) is 0.